The van der Waals surface area contributed by atoms with Crippen LogP contribution in [0.5, 0.6) is 0 Å². The maximum Gasteiger partial charge on any atom is 0.0401 e. The summed E-state index contributed by atoms with van der Waals surface area (Å²) in [5, 5.41) is 3.18. The Balaban J connectivity index is 2.54. The minimum atomic E-state index is 0.961. The van der Waals surface area contributed by atoms with Crippen LogP contribution in [0, 0.1) is 3.57 Å². The van der Waals surface area contributed by atoms with Gasteiger partial charge in [-0.15, -0.1) is 0 Å². The normalized spacial score (nSPS) is 13.9. The van der Waals surface area contributed by atoms with Gasteiger partial charge in [-0.05, 0) is 58.1 Å². The van der Waals surface area contributed by atoms with Crippen molar-refractivity contribution in [1.82, 2.24) is 5.32 Å². The molecule has 2 rings (SSSR count). The van der Waals surface area contributed by atoms with Crippen LogP contribution in [0.15, 0.2) is 24.4 Å². The van der Waals surface area contributed by atoms with Gasteiger partial charge in [-0.1, -0.05) is 6.07 Å². The molecule has 0 saturated heterocycles. The Labute approximate surface area is 79.6 Å². The van der Waals surface area contributed by atoms with Crippen LogP contribution in [0.2, 0.25) is 0 Å². The van der Waals surface area contributed by atoms with E-state index in [2.05, 4.69) is 52.2 Å². The average Bonchev–Trinajstić information content (AvgIpc) is 2.04. The summed E-state index contributed by atoms with van der Waals surface area (Å²) in [4.78, 5) is 0. The SMILES string of the molecule is Ic1ccc2c(c1)C=CNC2. The van der Waals surface area contributed by atoms with E-state index in [1.54, 1.807) is 0 Å². The summed E-state index contributed by atoms with van der Waals surface area (Å²) in [5.41, 5.74) is 2.73. The molecule has 0 saturated carbocycles. The first-order valence-corrected chi connectivity index (χ1v) is 4.62. The summed E-state index contributed by atoms with van der Waals surface area (Å²) >= 11 is 2.33. The van der Waals surface area contributed by atoms with Gasteiger partial charge in [0.1, 0.15) is 0 Å². The van der Waals surface area contributed by atoms with Gasteiger partial charge in [-0.2, -0.15) is 0 Å². The van der Waals surface area contributed by atoms with Crippen molar-refractivity contribution in [3.05, 3.63) is 39.1 Å². The summed E-state index contributed by atoms with van der Waals surface area (Å²) in [6.07, 6.45) is 4.11. The first-order valence-electron chi connectivity index (χ1n) is 3.54. The fraction of sp³-hybridized carbons (Fsp3) is 0.111. The van der Waals surface area contributed by atoms with Crippen molar-refractivity contribution in [2.45, 2.75) is 6.54 Å². The van der Waals surface area contributed by atoms with Crippen LogP contribution in [0.3, 0.4) is 0 Å². The van der Waals surface area contributed by atoms with Crippen LogP contribution in [0.25, 0.3) is 6.08 Å². The molecule has 0 fully saturated rings. The number of rotatable bonds is 0. The van der Waals surface area contributed by atoms with Gasteiger partial charge < -0.3 is 5.32 Å². The van der Waals surface area contributed by atoms with Crippen LogP contribution in [-0.4, -0.2) is 0 Å². The van der Waals surface area contributed by atoms with E-state index in [-0.39, 0.29) is 0 Å². The van der Waals surface area contributed by atoms with Crippen molar-refractivity contribution in [3.8, 4) is 0 Å². The first kappa shape index (κ1) is 7.16. The molecule has 0 atom stereocenters. The molecular weight excluding hydrogens is 249 g/mol. The molecule has 0 amide bonds. The molecule has 0 bridgehead atoms. The van der Waals surface area contributed by atoms with E-state index in [0.717, 1.165) is 6.54 Å². The highest BCUT2D eigenvalue weighted by molar-refractivity contribution is 14.1. The lowest BCUT2D eigenvalue weighted by atomic mass is 10.1. The van der Waals surface area contributed by atoms with E-state index >= 15 is 0 Å². The van der Waals surface area contributed by atoms with E-state index in [1.165, 1.54) is 14.7 Å². The van der Waals surface area contributed by atoms with Gasteiger partial charge in [0.2, 0.25) is 0 Å². The summed E-state index contributed by atoms with van der Waals surface area (Å²) in [7, 11) is 0. The van der Waals surface area contributed by atoms with Crippen LogP contribution in [0.4, 0.5) is 0 Å². The lowest BCUT2D eigenvalue weighted by molar-refractivity contribution is 0.858. The predicted molar refractivity (Wildman–Crippen MR) is 55.0 cm³/mol. The Morgan fingerprint density at radius 3 is 3.18 bits per heavy atom. The fourth-order valence-electron chi connectivity index (χ4n) is 1.20. The molecule has 1 nitrogen and oxygen atoms in total. The number of fused-ring (bicyclic) bond motifs is 1. The zero-order valence-corrected chi connectivity index (χ0v) is 8.13. The van der Waals surface area contributed by atoms with Crippen molar-refractivity contribution < 1.29 is 0 Å². The second-order valence-corrected chi connectivity index (χ2v) is 3.80. The molecular formula is C9H8IN. The van der Waals surface area contributed by atoms with E-state index < -0.39 is 0 Å². The summed E-state index contributed by atoms with van der Waals surface area (Å²) < 4.78 is 1.30. The summed E-state index contributed by atoms with van der Waals surface area (Å²) in [6.45, 7) is 0.961. The minimum Gasteiger partial charge on any atom is -0.387 e. The number of benzene rings is 1. The van der Waals surface area contributed by atoms with Crippen molar-refractivity contribution in [2.75, 3.05) is 0 Å². The monoisotopic (exact) mass is 257 g/mol. The number of halogens is 1. The van der Waals surface area contributed by atoms with E-state index in [1.807, 2.05) is 6.20 Å². The van der Waals surface area contributed by atoms with Crippen LogP contribution < -0.4 is 5.32 Å². The van der Waals surface area contributed by atoms with Crippen molar-refractivity contribution in [2.24, 2.45) is 0 Å². The largest absolute Gasteiger partial charge is 0.387 e. The molecule has 56 valence electrons. The Bertz CT molecular complexity index is 304. The summed E-state index contributed by atoms with van der Waals surface area (Å²) in [6, 6.07) is 6.51. The molecule has 1 aromatic carbocycles. The summed E-state index contributed by atoms with van der Waals surface area (Å²) in [5.74, 6) is 0. The number of nitrogens with one attached hydrogen (secondary N) is 1. The predicted octanol–water partition coefficient (Wildman–Crippen LogP) is 2.37. The minimum absolute atomic E-state index is 0.961. The highest BCUT2D eigenvalue weighted by Gasteiger charge is 2.02. The van der Waals surface area contributed by atoms with Gasteiger partial charge in [-0.25, -0.2) is 0 Å². The van der Waals surface area contributed by atoms with E-state index in [0.29, 0.717) is 0 Å². The maximum atomic E-state index is 3.18. The van der Waals surface area contributed by atoms with Crippen LogP contribution in [-0.2, 0) is 6.54 Å². The highest BCUT2D eigenvalue weighted by Crippen LogP contribution is 2.17. The van der Waals surface area contributed by atoms with Crippen LogP contribution >= 0.6 is 22.6 Å². The molecule has 2 heteroatoms. The first-order chi connectivity index (χ1) is 5.36. The Kier molecular flexibility index (Phi) is 1.85. The van der Waals surface area contributed by atoms with Gasteiger partial charge in [-0.3, -0.25) is 0 Å². The van der Waals surface area contributed by atoms with Crippen LogP contribution in [0.1, 0.15) is 11.1 Å². The lowest BCUT2D eigenvalue weighted by Gasteiger charge is -2.11. The highest BCUT2D eigenvalue weighted by atomic mass is 127. The number of hydrogen-bond acceptors (Lipinski definition) is 1. The van der Waals surface area contributed by atoms with Gasteiger partial charge in [0, 0.05) is 10.1 Å². The topological polar surface area (TPSA) is 12.0 Å². The maximum absolute atomic E-state index is 3.18. The fourth-order valence-corrected chi connectivity index (χ4v) is 1.71. The molecule has 0 unspecified atom stereocenters. The second-order valence-electron chi connectivity index (χ2n) is 2.56. The van der Waals surface area contributed by atoms with Gasteiger partial charge in [0.15, 0.2) is 0 Å². The molecule has 1 aliphatic rings. The second kappa shape index (κ2) is 2.85. The third-order valence-corrected chi connectivity index (χ3v) is 2.45. The molecule has 1 aromatic rings. The third kappa shape index (κ3) is 1.40. The zero-order chi connectivity index (χ0) is 7.68. The quantitative estimate of drug-likeness (QED) is 0.703. The van der Waals surface area contributed by atoms with Gasteiger partial charge in [0.05, 0.1) is 0 Å². The van der Waals surface area contributed by atoms with Crippen molar-refractivity contribution in [1.29, 1.82) is 0 Å². The molecule has 0 spiro atoms. The van der Waals surface area contributed by atoms with Gasteiger partial charge >= 0.3 is 0 Å². The molecule has 1 heterocycles. The molecule has 0 radical (unpaired) electrons. The molecule has 11 heavy (non-hydrogen) atoms. The van der Waals surface area contributed by atoms with E-state index in [4.69, 9.17) is 0 Å². The molecule has 0 aromatic heterocycles. The number of hydrogen-bond donors (Lipinski definition) is 1. The van der Waals surface area contributed by atoms with Gasteiger partial charge in [0.25, 0.3) is 0 Å². The Morgan fingerprint density at radius 2 is 2.27 bits per heavy atom. The third-order valence-electron chi connectivity index (χ3n) is 1.78. The Hall–Kier alpha value is -0.510. The molecule has 1 aliphatic heterocycles. The van der Waals surface area contributed by atoms with Crippen molar-refractivity contribution >= 4 is 28.7 Å². The molecule has 0 aliphatic carbocycles. The molecule has 1 N–H and O–H groups in total. The smallest absolute Gasteiger partial charge is 0.0401 e. The zero-order valence-electron chi connectivity index (χ0n) is 5.97. The standard InChI is InChI=1S/C9H8IN/c10-9-2-1-8-6-11-4-3-7(8)5-9/h1-5,11H,6H2. The Morgan fingerprint density at radius 1 is 1.36 bits per heavy atom. The average molecular weight is 257 g/mol. The van der Waals surface area contributed by atoms with E-state index in [9.17, 15) is 0 Å². The van der Waals surface area contributed by atoms with Crippen molar-refractivity contribution in [3.63, 3.8) is 0 Å². The lowest BCUT2D eigenvalue weighted by Crippen LogP contribution is -2.09.